The Morgan fingerprint density at radius 2 is 1.88 bits per heavy atom. The third-order valence-electron chi connectivity index (χ3n) is 1.99. The molecule has 0 amide bonds. The third-order valence-corrected chi connectivity index (χ3v) is 2.73. The quantitative estimate of drug-likeness (QED) is 0.503. The van der Waals surface area contributed by atoms with Gasteiger partial charge in [-0.25, -0.2) is 4.57 Å². The van der Waals surface area contributed by atoms with Crippen LogP contribution >= 0.6 is 11.3 Å². The summed E-state index contributed by atoms with van der Waals surface area (Å²) in [6, 6.07) is 0. The second-order valence-corrected chi connectivity index (χ2v) is 4.08. The van der Waals surface area contributed by atoms with Crippen LogP contribution in [-0.4, -0.2) is 40.1 Å². The maximum Gasteiger partial charge on any atom is 0.331 e. The van der Waals surface area contributed by atoms with Gasteiger partial charge in [-0.15, -0.1) is 0 Å². The van der Waals surface area contributed by atoms with E-state index in [-0.39, 0.29) is 0 Å². The van der Waals surface area contributed by atoms with E-state index >= 15 is 0 Å². The van der Waals surface area contributed by atoms with Gasteiger partial charge in [-0.3, -0.25) is 5.73 Å². The molecular formula is C10H19N2O3S+. The molecule has 92 valence electrons. The summed E-state index contributed by atoms with van der Waals surface area (Å²) >= 11 is 1.53. The van der Waals surface area contributed by atoms with E-state index in [1.807, 2.05) is 16.1 Å². The average molecular weight is 247 g/mol. The summed E-state index contributed by atoms with van der Waals surface area (Å²) in [5, 5.41) is 2.77. The molecule has 0 aliphatic rings. The first kappa shape index (κ1) is 13.4. The summed E-state index contributed by atoms with van der Waals surface area (Å²) in [6.45, 7) is 3.89. The van der Waals surface area contributed by atoms with Crippen LogP contribution in [0, 0.1) is 0 Å². The first-order valence-corrected chi connectivity index (χ1v) is 6.09. The van der Waals surface area contributed by atoms with Crippen LogP contribution in [0.4, 0.5) is 5.13 Å². The van der Waals surface area contributed by atoms with Crippen molar-refractivity contribution in [2.45, 2.75) is 6.54 Å². The molecule has 1 aromatic heterocycles. The molecule has 0 saturated heterocycles. The third kappa shape index (κ3) is 5.41. The summed E-state index contributed by atoms with van der Waals surface area (Å²) < 4.78 is 17.5. The number of nitrogens with two attached hydrogens (primary N) is 1. The van der Waals surface area contributed by atoms with Gasteiger partial charge < -0.3 is 14.2 Å². The Bertz CT molecular complexity index is 281. The molecule has 16 heavy (non-hydrogen) atoms. The maximum atomic E-state index is 5.72. The lowest BCUT2D eigenvalue weighted by Crippen LogP contribution is -2.36. The molecule has 1 rings (SSSR count). The molecule has 0 bridgehead atoms. The molecule has 0 aliphatic carbocycles. The van der Waals surface area contributed by atoms with Gasteiger partial charge in [0.05, 0.1) is 33.0 Å². The van der Waals surface area contributed by atoms with E-state index in [9.17, 15) is 0 Å². The van der Waals surface area contributed by atoms with Crippen molar-refractivity contribution in [3.8, 4) is 0 Å². The standard InChI is InChI=1S/C10H18N2O3S/c1-13-5-6-15-8-7-14-4-2-12-3-9-16-10(12)11/h3,9,11H,2,4-8H2,1H3/p+1. The van der Waals surface area contributed by atoms with Gasteiger partial charge in [-0.05, 0) is 0 Å². The van der Waals surface area contributed by atoms with Crippen molar-refractivity contribution in [1.29, 1.82) is 0 Å². The molecular weight excluding hydrogens is 228 g/mol. The van der Waals surface area contributed by atoms with E-state index in [0.717, 1.165) is 11.7 Å². The van der Waals surface area contributed by atoms with Crippen molar-refractivity contribution in [1.82, 2.24) is 0 Å². The van der Waals surface area contributed by atoms with E-state index in [2.05, 4.69) is 0 Å². The highest BCUT2D eigenvalue weighted by Gasteiger charge is 2.03. The fraction of sp³-hybridized carbons (Fsp3) is 0.700. The molecule has 1 heterocycles. The highest BCUT2D eigenvalue weighted by Crippen LogP contribution is 2.01. The number of hydrogen-bond donors (Lipinski definition) is 1. The van der Waals surface area contributed by atoms with Crippen molar-refractivity contribution >= 4 is 16.5 Å². The van der Waals surface area contributed by atoms with E-state index < -0.39 is 0 Å². The fourth-order valence-electron chi connectivity index (χ4n) is 1.13. The predicted molar refractivity (Wildman–Crippen MR) is 62.4 cm³/mol. The zero-order valence-electron chi connectivity index (χ0n) is 9.55. The zero-order valence-corrected chi connectivity index (χ0v) is 10.4. The van der Waals surface area contributed by atoms with Crippen molar-refractivity contribution in [3.05, 3.63) is 11.6 Å². The van der Waals surface area contributed by atoms with Crippen LogP contribution in [0.3, 0.4) is 0 Å². The summed E-state index contributed by atoms with van der Waals surface area (Å²) in [5.74, 6) is 0. The van der Waals surface area contributed by atoms with Gasteiger partial charge >= 0.3 is 5.13 Å². The molecule has 0 saturated carbocycles. The number of hydrogen-bond acceptors (Lipinski definition) is 5. The van der Waals surface area contributed by atoms with Crippen LogP contribution in [0.5, 0.6) is 0 Å². The second kappa shape index (κ2) is 8.46. The molecule has 5 nitrogen and oxygen atoms in total. The summed E-state index contributed by atoms with van der Waals surface area (Å²) in [6.07, 6.45) is 1.96. The minimum atomic E-state index is 0.604. The Kier molecular flexibility index (Phi) is 7.07. The number of methoxy groups -OCH3 is 1. The Morgan fingerprint density at radius 1 is 1.19 bits per heavy atom. The minimum absolute atomic E-state index is 0.604. The Labute approximate surface area is 99.7 Å². The van der Waals surface area contributed by atoms with Gasteiger partial charge in [0.25, 0.3) is 0 Å². The van der Waals surface area contributed by atoms with Crippen molar-refractivity contribution < 1.29 is 18.8 Å². The number of ether oxygens (including phenoxy) is 3. The smallest absolute Gasteiger partial charge is 0.331 e. The molecule has 0 unspecified atom stereocenters. The van der Waals surface area contributed by atoms with Crippen LogP contribution < -0.4 is 10.3 Å². The lowest BCUT2D eigenvalue weighted by Gasteiger charge is -2.04. The van der Waals surface area contributed by atoms with Crippen molar-refractivity contribution in [2.75, 3.05) is 45.9 Å². The lowest BCUT2D eigenvalue weighted by molar-refractivity contribution is -0.680. The highest BCUT2D eigenvalue weighted by atomic mass is 32.1. The molecule has 1 aromatic rings. The van der Waals surface area contributed by atoms with E-state index in [0.29, 0.717) is 33.0 Å². The monoisotopic (exact) mass is 247 g/mol. The number of rotatable bonds is 9. The van der Waals surface area contributed by atoms with Crippen LogP contribution in [0.2, 0.25) is 0 Å². The molecule has 0 radical (unpaired) electrons. The van der Waals surface area contributed by atoms with Crippen LogP contribution in [0.15, 0.2) is 11.6 Å². The maximum absolute atomic E-state index is 5.72. The molecule has 0 spiro atoms. The largest absolute Gasteiger partial charge is 0.382 e. The lowest BCUT2D eigenvalue weighted by atomic mass is 10.6. The zero-order chi connectivity index (χ0) is 11.6. The van der Waals surface area contributed by atoms with Gasteiger partial charge in [0, 0.05) is 12.5 Å². The predicted octanol–water partition coefficient (Wildman–Crippen LogP) is 0.297. The molecule has 2 N–H and O–H groups in total. The molecule has 0 aromatic carbocycles. The molecule has 0 aliphatic heterocycles. The first-order valence-electron chi connectivity index (χ1n) is 5.21. The molecule has 0 fully saturated rings. The van der Waals surface area contributed by atoms with E-state index in [4.69, 9.17) is 19.9 Å². The number of nitrogens with zero attached hydrogens (tertiary/aromatic N) is 1. The Hall–Kier alpha value is -0.690. The van der Waals surface area contributed by atoms with Gasteiger partial charge in [0.1, 0.15) is 12.7 Å². The number of aromatic nitrogens is 1. The highest BCUT2D eigenvalue weighted by molar-refractivity contribution is 7.12. The number of anilines is 1. The normalized spacial score (nSPS) is 10.8. The van der Waals surface area contributed by atoms with Gasteiger partial charge in [-0.1, -0.05) is 11.3 Å². The van der Waals surface area contributed by atoms with Crippen molar-refractivity contribution in [3.63, 3.8) is 0 Å². The topological polar surface area (TPSA) is 57.6 Å². The van der Waals surface area contributed by atoms with Crippen LogP contribution in [-0.2, 0) is 20.8 Å². The minimum Gasteiger partial charge on any atom is -0.382 e. The number of thiazole rings is 1. The van der Waals surface area contributed by atoms with Crippen LogP contribution in [0.1, 0.15) is 0 Å². The van der Waals surface area contributed by atoms with E-state index in [1.54, 1.807) is 7.11 Å². The summed E-state index contributed by atoms with van der Waals surface area (Å²) in [5.41, 5.74) is 5.72. The second-order valence-electron chi connectivity index (χ2n) is 3.15. The van der Waals surface area contributed by atoms with Gasteiger partial charge in [0.15, 0.2) is 0 Å². The molecule has 6 heteroatoms. The SMILES string of the molecule is COCCOCCOCC[n+]1ccsc1N. The van der Waals surface area contributed by atoms with Gasteiger partial charge in [0.2, 0.25) is 0 Å². The Morgan fingerprint density at radius 3 is 2.50 bits per heavy atom. The average Bonchev–Trinajstić information content (AvgIpc) is 2.68. The fourth-order valence-corrected chi connectivity index (χ4v) is 1.76. The number of nitrogen functional groups attached to an aromatic ring is 1. The van der Waals surface area contributed by atoms with E-state index in [1.165, 1.54) is 11.3 Å². The van der Waals surface area contributed by atoms with Crippen molar-refractivity contribution in [2.24, 2.45) is 0 Å². The van der Waals surface area contributed by atoms with Gasteiger partial charge in [-0.2, -0.15) is 0 Å². The van der Waals surface area contributed by atoms with Crippen LogP contribution in [0.25, 0.3) is 0 Å². The molecule has 0 atom stereocenters. The Balaban J connectivity index is 1.91. The summed E-state index contributed by atoms with van der Waals surface area (Å²) in [4.78, 5) is 0. The summed E-state index contributed by atoms with van der Waals surface area (Å²) in [7, 11) is 1.66. The first-order chi connectivity index (χ1) is 7.84.